The van der Waals surface area contributed by atoms with Crippen LogP contribution < -0.4 is 4.74 Å². The number of amides is 2. The molecule has 2 bridgehead atoms. The molecule has 6 heteroatoms. The van der Waals surface area contributed by atoms with Crippen molar-refractivity contribution in [1.29, 1.82) is 0 Å². The van der Waals surface area contributed by atoms with Crippen LogP contribution >= 0.6 is 0 Å². The molecule has 0 spiro atoms. The molecular formula is C23H18N2O4. The van der Waals surface area contributed by atoms with Crippen LogP contribution in [0.3, 0.4) is 0 Å². The van der Waals surface area contributed by atoms with Crippen molar-refractivity contribution in [3.63, 3.8) is 0 Å². The molecule has 2 amide bonds. The Morgan fingerprint density at radius 2 is 1.55 bits per heavy atom. The molecule has 1 aliphatic heterocycles. The van der Waals surface area contributed by atoms with E-state index >= 15 is 0 Å². The second kappa shape index (κ2) is 6.81. The number of benzene rings is 2. The highest BCUT2D eigenvalue weighted by Gasteiger charge is 2.59. The Kier molecular flexibility index (Phi) is 4.12. The standard InChI is InChI=1S/C23H18N2O4/c26-21-19-15-10-11-16(12-15)20(19)22(27)25(21)24-13-17-8-4-5-9-18(17)29-23(28)14-6-2-1-3-7-14/h1-11,13,15-16,19-20H,12H2. The molecular weight excluding hydrogens is 368 g/mol. The van der Waals surface area contributed by atoms with Gasteiger partial charge in [0, 0.05) is 5.56 Å². The first kappa shape index (κ1) is 17.6. The first-order chi connectivity index (χ1) is 14.1. The Hall–Kier alpha value is -3.54. The third kappa shape index (κ3) is 2.88. The topological polar surface area (TPSA) is 76.0 Å². The van der Waals surface area contributed by atoms with Crippen molar-refractivity contribution in [3.05, 3.63) is 77.9 Å². The lowest BCUT2D eigenvalue weighted by Crippen LogP contribution is -2.28. The number of esters is 1. The summed E-state index contributed by atoms with van der Waals surface area (Å²) < 4.78 is 5.49. The van der Waals surface area contributed by atoms with Gasteiger partial charge in [0.25, 0.3) is 11.8 Å². The van der Waals surface area contributed by atoms with Crippen molar-refractivity contribution in [2.45, 2.75) is 6.42 Å². The number of allylic oxidation sites excluding steroid dienone is 2. The van der Waals surface area contributed by atoms with Gasteiger partial charge in [-0.1, -0.05) is 42.5 Å². The molecule has 6 nitrogen and oxygen atoms in total. The molecule has 5 rings (SSSR count). The highest BCUT2D eigenvalue weighted by atomic mass is 16.5. The maximum absolute atomic E-state index is 12.7. The minimum Gasteiger partial charge on any atom is -0.422 e. The van der Waals surface area contributed by atoms with Crippen molar-refractivity contribution in [1.82, 2.24) is 5.01 Å². The second-order valence-electron chi connectivity index (χ2n) is 7.53. The molecule has 3 aliphatic rings. The Bertz CT molecular complexity index is 1030. The fraction of sp³-hybridized carbons (Fsp3) is 0.217. The number of carbonyl (C=O) groups is 3. The molecule has 2 aliphatic carbocycles. The molecule has 29 heavy (non-hydrogen) atoms. The Balaban J connectivity index is 1.36. The number of para-hydroxylation sites is 1. The molecule has 144 valence electrons. The van der Waals surface area contributed by atoms with Crippen LogP contribution in [-0.4, -0.2) is 29.0 Å². The predicted octanol–water partition coefficient (Wildman–Crippen LogP) is 3.05. The van der Waals surface area contributed by atoms with Gasteiger partial charge in [0.05, 0.1) is 23.6 Å². The normalized spacial score (nSPS) is 27.1. The number of imide groups is 1. The van der Waals surface area contributed by atoms with Gasteiger partial charge in [-0.15, -0.1) is 0 Å². The predicted molar refractivity (Wildman–Crippen MR) is 105 cm³/mol. The van der Waals surface area contributed by atoms with Gasteiger partial charge in [0.15, 0.2) is 0 Å². The van der Waals surface area contributed by atoms with E-state index in [1.165, 1.54) is 6.21 Å². The first-order valence-corrected chi connectivity index (χ1v) is 9.60. The van der Waals surface area contributed by atoms with Gasteiger partial charge in [-0.25, -0.2) is 4.79 Å². The van der Waals surface area contributed by atoms with E-state index in [1.54, 1.807) is 48.5 Å². The number of fused-ring (bicyclic) bond motifs is 5. The number of hydrogen-bond donors (Lipinski definition) is 0. The number of carbonyl (C=O) groups excluding carboxylic acids is 3. The number of rotatable bonds is 4. The van der Waals surface area contributed by atoms with Gasteiger partial charge >= 0.3 is 5.97 Å². The number of hydrazone groups is 1. The minimum atomic E-state index is -0.489. The summed E-state index contributed by atoms with van der Waals surface area (Å²) in [5, 5.41) is 5.15. The zero-order chi connectivity index (χ0) is 20.0. The van der Waals surface area contributed by atoms with Gasteiger partial charge in [0.2, 0.25) is 0 Å². The van der Waals surface area contributed by atoms with E-state index in [4.69, 9.17) is 4.74 Å². The highest BCUT2D eigenvalue weighted by Crippen LogP contribution is 2.52. The van der Waals surface area contributed by atoms with Crippen LogP contribution in [0, 0.1) is 23.7 Å². The van der Waals surface area contributed by atoms with Gasteiger partial charge in [-0.3, -0.25) is 9.59 Å². The van der Waals surface area contributed by atoms with Crippen molar-refractivity contribution in [3.8, 4) is 5.75 Å². The van der Waals surface area contributed by atoms with Gasteiger partial charge in [-0.2, -0.15) is 10.1 Å². The molecule has 2 fully saturated rings. The molecule has 0 aromatic heterocycles. The lowest BCUT2D eigenvalue weighted by Gasteiger charge is -2.13. The summed E-state index contributed by atoms with van der Waals surface area (Å²) in [6.07, 6.45) is 6.37. The van der Waals surface area contributed by atoms with E-state index in [2.05, 4.69) is 5.10 Å². The summed E-state index contributed by atoms with van der Waals surface area (Å²) in [6, 6.07) is 15.5. The van der Waals surface area contributed by atoms with Crippen molar-refractivity contribution in [2.75, 3.05) is 0 Å². The van der Waals surface area contributed by atoms with Crippen LogP contribution in [-0.2, 0) is 9.59 Å². The Labute approximate surface area is 167 Å². The fourth-order valence-corrected chi connectivity index (χ4v) is 4.53. The van der Waals surface area contributed by atoms with E-state index in [0.717, 1.165) is 11.4 Å². The van der Waals surface area contributed by atoms with E-state index in [1.807, 2.05) is 18.2 Å². The number of nitrogens with zero attached hydrogens (tertiary/aromatic N) is 2. The summed E-state index contributed by atoms with van der Waals surface area (Å²) in [7, 11) is 0. The lowest BCUT2D eigenvalue weighted by molar-refractivity contribution is -0.140. The number of ether oxygens (including phenoxy) is 1. The average molecular weight is 386 g/mol. The van der Waals surface area contributed by atoms with Crippen molar-refractivity contribution in [2.24, 2.45) is 28.8 Å². The van der Waals surface area contributed by atoms with E-state index in [-0.39, 0.29) is 35.5 Å². The first-order valence-electron chi connectivity index (χ1n) is 9.60. The molecule has 0 radical (unpaired) electrons. The molecule has 2 aromatic rings. The minimum absolute atomic E-state index is 0.140. The summed E-state index contributed by atoms with van der Waals surface area (Å²) in [6.45, 7) is 0. The molecule has 4 unspecified atom stereocenters. The fourth-order valence-electron chi connectivity index (χ4n) is 4.53. The molecule has 2 aromatic carbocycles. The van der Waals surface area contributed by atoms with Gasteiger partial charge in [0.1, 0.15) is 5.75 Å². The summed E-state index contributed by atoms with van der Waals surface area (Å²) in [5.74, 6) is -0.968. The van der Waals surface area contributed by atoms with E-state index in [0.29, 0.717) is 16.9 Å². The zero-order valence-corrected chi connectivity index (χ0v) is 15.5. The second-order valence-corrected chi connectivity index (χ2v) is 7.53. The maximum Gasteiger partial charge on any atom is 0.343 e. The molecule has 1 saturated heterocycles. The summed E-state index contributed by atoms with van der Waals surface area (Å²) in [5.41, 5.74) is 0.940. The number of hydrogen-bond acceptors (Lipinski definition) is 5. The van der Waals surface area contributed by atoms with Gasteiger partial charge < -0.3 is 4.74 Å². The Morgan fingerprint density at radius 3 is 2.24 bits per heavy atom. The van der Waals surface area contributed by atoms with Crippen molar-refractivity contribution >= 4 is 24.0 Å². The largest absolute Gasteiger partial charge is 0.422 e. The molecule has 1 saturated carbocycles. The Morgan fingerprint density at radius 1 is 0.931 bits per heavy atom. The lowest BCUT2D eigenvalue weighted by atomic mass is 9.85. The summed E-state index contributed by atoms with van der Waals surface area (Å²) in [4.78, 5) is 37.8. The van der Waals surface area contributed by atoms with Crippen LogP contribution in [0.1, 0.15) is 22.3 Å². The third-order valence-corrected chi connectivity index (χ3v) is 5.89. The van der Waals surface area contributed by atoms with Gasteiger partial charge in [-0.05, 0) is 42.5 Å². The summed E-state index contributed by atoms with van der Waals surface area (Å²) >= 11 is 0. The van der Waals surface area contributed by atoms with Crippen LogP contribution in [0.25, 0.3) is 0 Å². The maximum atomic E-state index is 12.7. The van der Waals surface area contributed by atoms with Crippen molar-refractivity contribution < 1.29 is 19.1 Å². The molecule has 1 heterocycles. The highest BCUT2D eigenvalue weighted by molar-refractivity contribution is 6.07. The van der Waals surface area contributed by atoms with Crippen LogP contribution in [0.2, 0.25) is 0 Å². The SMILES string of the molecule is O=C(Oc1ccccc1C=NN1C(=O)C2C3C=CC(C3)C2C1=O)c1ccccc1. The zero-order valence-electron chi connectivity index (χ0n) is 15.5. The third-order valence-electron chi connectivity index (χ3n) is 5.89. The van der Waals surface area contributed by atoms with E-state index in [9.17, 15) is 14.4 Å². The quantitative estimate of drug-likeness (QED) is 0.266. The van der Waals surface area contributed by atoms with Crippen LogP contribution in [0.15, 0.2) is 71.9 Å². The van der Waals surface area contributed by atoms with Crippen LogP contribution in [0.4, 0.5) is 0 Å². The molecule has 4 atom stereocenters. The average Bonchev–Trinajstić information content (AvgIpc) is 3.43. The monoisotopic (exact) mass is 386 g/mol. The molecule has 0 N–H and O–H groups in total. The van der Waals surface area contributed by atoms with E-state index < -0.39 is 5.97 Å². The smallest absolute Gasteiger partial charge is 0.343 e. The van der Waals surface area contributed by atoms with Crippen LogP contribution in [0.5, 0.6) is 5.75 Å².